The number of benzene rings is 1. The third-order valence-corrected chi connectivity index (χ3v) is 4.93. The maximum Gasteiger partial charge on any atom is 0.225 e. The molecule has 144 valence electrons. The predicted molar refractivity (Wildman–Crippen MR) is 111 cm³/mol. The molecular formula is C21H30N6. The van der Waals surface area contributed by atoms with Crippen LogP contribution in [0, 0.1) is 0 Å². The van der Waals surface area contributed by atoms with Crippen LogP contribution in [0.4, 0.5) is 5.95 Å². The molecule has 0 unspecified atom stereocenters. The Bertz CT molecular complexity index is 721. The summed E-state index contributed by atoms with van der Waals surface area (Å²) in [6.45, 7) is 11.9. The first-order chi connectivity index (χ1) is 13.1. The molecule has 1 saturated heterocycles. The number of hydrogen-bond donors (Lipinski definition) is 1. The van der Waals surface area contributed by atoms with Crippen molar-refractivity contribution in [1.29, 1.82) is 0 Å². The van der Waals surface area contributed by atoms with Crippen LogP contribution in [0.2, 0.25) is 0 Å². The van der Waals surface area contributed by atoms with Crippen molar-refractivity contribution in [3.63, 3.8) is 0 Å². The summed E-state index contributed by atoms with van der Waals surface area (Å²) in [5.41, 5.74) is 1.32. The highest BCUT2D eigenvalue weighted by molar-refractivity contribution is 5.80. The van der Waals surface area contributed by atoms with Crippen molar-refractivity contribution in [2.45, 2.75) is 26.2 Å². The lowest BCUT2D eigenvalue weighted by Gasteiger charge is -2.37. The van der Waals surface area contributed by atoms with Gasteiger partial charge in [-0.25, -0.2) is 9.97 Å². The van der Waals surface area contributed by atoms with Crippen molar-refractivity contribution in [3.8, 4) is 0 Å². The van der Waals surface area contributed by atoms with E-state index < -0.39 is 0 Å². The molecule has 3 rings (SSSR count). The number of piperazine rings is 1. The summed E-state index contributed by atoms with van der Waals surface area (Å²) in [7, 11) is 0. The van der Waals surface area contributed by atoms with Gasteiger partial charge in [0.1, 0.15) is 0 Å². The zero-order valence-corrected chi connectivity index (χ0v) is 16.6. The van der Waals surface area contributed by atoms with Crippen molar-refractivity contribution < 1.29 is 0 Å². The normalized spacial score (nSPS) is 15.7. The van der Waals surface area contributed by atoms with Gasteiger partial charge in [-0.15, -0.1) is 0 Å². The molecule has 0 amide bonds. The number of hydrogen-bond acceptors (Lipinski definition) is 4. The second kappa shape index (κ2) is 8.84. The van der Waals surface area contributed by atoms with Crippen LogP contribution in [-0.4, -0.2) is 60.1 Å². The lowest BCUT2D eigenvalue weighted by Crippen LogP contribution is -2.53. The molecule has 1 aromatic carbocycles. The standard InChI is InChI=1S/C21H30N6/c1-4-22-19(25-17-21(2,3)18-9-6-5-7-10-18)26-13-15-27(16-14-26)20-23-11-8-12-24-20/h5-12H,4,13-17H2,1-3H3,(H,22,25). The Balaban J connectivity index is 1.64. The fourth-order valence-electron chi connectivity index (χ4n) is 3.25. The van der Waals surface area contributed by atoms with Crippen LogP contribution < -0.4 is 10.2 Å². The molecular weight excluding hydrogens is 336 g/mol. The van der Waals surface area contributed by atoms with E-state index in [2.05, 4.69) is 76.2 Å². The van der Waals surface area contributed by atoms with Crippen LogP contribution in [0.5, 0.6) is 0 Å². The van der Waals surface area contributed by atoms with Gasteiger partial charge in [-0.1, -0.05) is 44.2 Å². The minimum absolute atomic E-state index is 0.00162. The third-order valence-electron chi connectivity index (χ3n) is 4.93. The van der Waals surface area contributed by atoms with Crippen molar-refractivity contribution >= 4 is 11.9 Å². The number of nitrogens with zero attached hydrogens (tertiary/aromatic N) is 5. The van der Waals surface area contributed by atoms with Crippen molar-refractivity contribution in [2.24, 2.45) is 4.99 Å². The van der Waals surface area contributed by atoms with Crippen LogP contribution in [0.3, 0.4) is 0 Å². The summed E-state index contributed by atoms with van der Waals surface area (Å²) in [6.07, 6.45) is 3.60. The highest BCUT2D eigenvalue weighted by Crippen LogP contribution is 2.23. The molecule has 1 fully saturated rings. The number of guanidine groups is 1. The van der Waals surface area contributed by atoms with E-state index in [0.717, 1.165) is 51.2 Å². The lowest BCUT2D eigenvalue weighted by atomic mass is 9.85. The van der Waals surface area contributed by atoms with Gasteiger partial charge in [-0.05, 0) is 18.6 Å². The number of aromatic nitrogens is 2. The molecule has 1 aliphatic rings. The van der Waals surface area contributed by atoms with E-state index in [1.165, 1.54) is 5.56 Å². The number of rotatable bonds is 5. The highest BCUT2D eigenvalue weighted by atomic mass is 15.4. The first-order valence-corrected chi connectivity index (χ1v) is 9.71. The molecule has 0 radical (unpaired) electrons. The average Bonchev–Trinajstić information content (AvgIpc) is 2.72. The second-order valence-corrected chi connectivity index (χ2v) is 7.44. The molecule has 0 spiro atoms. The molecule has 0 saturated carbocycles. The van der Waals surface area contributed by atoms with Gasteiger partial charge in [-0.3, -0.25) is 4.99 Å². The summed E-state index contributed by atoms with van der Waals surface area (Å²) < 4.78 is 0. The lowest BCUT2D eigenvalue weighted by molar-refractivity contribution is 0.368. The molecule has 6 nitrogen and oxygen atoms in total. The summed E-state index contributed by atoms with van der Waals surface area (Å²) in [5.74, 6) is 1.81. The van der Waals surface area contributed by atoms with Crippen molar-refractivity contribution in [2.75, 3.05) is 44.2 Å². The van der Waals surface area contributed by atoms with E-state index in [4.69, 9.17) is 4.99 Å². The molecule has 1 aliphatic heterocycles. The summed E-state index contributed by atoms with van der Waals surface area (Å²) in [5, 5.41) is 3.46. The van der Waals surface area contributed by atoms with Gasteiger partial charge < -0.3 is 15.1 Å². The molecule has 0 atom stereocenters. The molecule has 1 aromatic heterocycles. The number of anilines is 1. The van der Waals surface area contributed by atoms with Gasteiger partial charge in [0.25, 0.3) is 0 Å². The van der Waals surface area contributed by atoms with E-state index in [1.807, 2.05) is 6.07 Å². The molecule has 2 aromatic rings. The highest BCUT2D eigenvalue weighted by Gasteiger charge is 2.23. The van der Waals surface area contributed by atoms with E-state index in [9.17, 15) is 0 Å². The Hall–Kier alpha value is -2.63. The van der Waals surface area contributed by atoms with Crippen molar-refractivity contribution in [1.82, 2.24) is 20.2 Å². The van der Waals surface area contributed by atoms with Crippen LogP contribution in [-0.2, 0) is 5.41 Å². The van der Waals surface area contributed by atoms with Gasteiger partial charge in [0, 0.05) is 50.5 Å². The molecule has 0 aliphatic carbocycles. The summed E-state index contributed by atoms with van der Waals surface area (Å²) >= 11 is 0. The Morgan fingerprint density at radius 3 is 2.33 bits per heavy atom. The maximum atomic E-state index is 4.96. The van der Waals surface area contributed by atoms with Gasteiger partial charge in [0.15, 0.2) is 5.96 Å². The molecule has 27 heavy (non-hydrogen) atoms. The zero-order chi connectivity index (χ0) is 19.1. The van der Waals surface area contributed by atoms with Gasteiger partial charge in [0.2, 0.25) is 5.95 Å². The SMILES string of the molecule is CCNC(=NCC(C)(C)c1ccccc1)N1CCN(c2ncccn2)CC1. The zero-order valence-electron chi connectivity index (χ0n) is 16.6. The van der Waals surface area contributed by atoms with Gasteiger partial charge >= 0.3 is 0 Å². The summed E-state index contributed by atoms with van der Waals surface area (Å²) in [6, 6.07) is 12.5. The average molecular weight is 367 g/mol. The third kappa shape index (κ3) is 4.96. The van der Waals surface area contributed by atoms with Gasteiger partial charge in [0.05, 0.1) is 6.54 Å². The van der Waals surface area contributed by atoms with Crippen LogP contribution in [0.1, 0.15) is 26.3 Å². The number of aliphatic imine (C=N–C) groups is 1. The van der Waals surface area contributed by atoms with Crippen molar-refractivity contribution in [3.05, 3.63) is 54.4 Å². The predicted octanol–water partition coefficient (Wildman–Crippen LogP) is 2.54. The minimum Gasteiger partial charge on any atom is -0.357 e. The molecule has 6 heteroatoms. The van der Waals surface area contributed by atoms with Crippen LogP contribution in [0.25, 0.3) is 0 Å². The molecule has 1 N–H and O–H groups in total. The quantitative estimate of drug-likeness (QED) is 0.651. The van der Waals surface area contributed by atoms with E-state index >= 15 is 0 Å². The van der Waals surface area contributed by atoms with Crippen LogP contribution >= 0.6 is 0 Å². The maximum absolute atomic E-state index is 4.96. The Morgan fingerprint density at radius 2 is 1.70 bits per heavy atom. The Morgan fingerprint density at radius 1 is 1.04 bits per heavy atom. The fraction of sp³-hybridized carbons (Fsp3) is 0.476. The van der Waals surface area contributed by atoms with E-state index in [1.54, 1.807) is 12.4 Å². The fourth-order valence-corrected chi connectivity index (χ4v) is 3.25. The topological polar surface area (TPSA) is 56.7 Å². The second-order valence-electron chi connectivity index (χ2n) is 7.44. The van der Waals surface area contributed by atoms with E-state index in [0.29, 0.717) is 0 Å². The molecule has 2 heterocycles. The Kier molecular flexibility index (Phi) is 6.27. The van der Waals surface area contributed by atoms with Gasteiger partial charge in [-0.2, -0.15) is 0 Å². The number of nitrogens with one attached hydrogen (secondary N) is 1. The largest absolute Gasteiger partial charge is 0.357 e. The molecule has 0 bridgehead atoms. The van der Waals surface area contributed by atoms with E-state index in [-0.39, 0.29) is 5.41 Å². The summed E-state index contributed by atoms with van der Waals surface area (Å²) in [4.78, 5) is 18.3. The smallest absolute Gasteiger partial charge is 0.225 e. The minimum atomic E-state index is 0.00162. The Labute approximate surface area is 162 Å². The first kappa shape index (κ1) is 19.1. The van der Waals surface area contributed by atoms with Crippen LogP contribution in [0.15, 0.2) is 53.8 Å². The monoisotopic (exact) mass is 366 g/mol. The first-order valence-electron chi connectivity index (χ1n) is 9.71.